The number of hydrogen-bond donors (Lipinski definition) is 0. The summed E-state index contributed by atoms with van der Waals surface area (Å²) in [7, 11) is 0. The van der Waals surface area contributed by atoms with E-state index < -0.39 is 0 Å². The lowest BCUT2D eigenvalue weighted by atomic mass is 10.1. The average molecular weight is 157 g/mol. The van der Waals surface area contributed by atoms with Gasteiger partial charge in [0.15, 0.2) is 0 Å². The summed E-state index contributed by atoms with van der Waals surface area (Å²) in [6.07, 6.45) is 7.20. The molecule has 1 heterocycles. The molecule has 0 aromatic carbocycles. The van der Waals surface area contributed by atoms with Crippen molar-refractivity contribution >= 4 is 5.57 Å². The second kappa shape index (κ2) is 2.94. The van der Waals surface area contributed by atoms with Gasteiger partial charge in [-0.25, -0.2) is 0 Å². The number of hydrogen-bond acceptors (Lipinski definition) is 1. The maximum Gasteiger partial charge on any atom is 0.0664 e. The number of rotatable bonds is 1. The second-order valence-corrected chi connectivity index (χ2v) is 3.10. The highest BCUT2D eigenvalue weighted by Gasteiger charge is 2.06. The van der Waals surface area contributed by atoms with Crippen LogP contribution in [0.15, 0.2) is 42.1 Å². The van der Waals surface area contributed by atoms with E-state index in [1.54, 1.807) is 0 Å². The first-order valence-corrected chi connectivity index (χ1v) is 4.14. The van der Waals surface area contributed by atoms with Crippen molar-refractivity contribution in [1.29, 1.82) is 0 Å². The van der Waals surface area contributed by atoms with Gasteiger partial charge in [-0.1, -0.05) is 23.8 Å². The molecule has 0 aliphatic heterocycles. The van der Waals surface area contributed by atoms with E-state index in [0.29, 0.717) is 0 Å². The van der Waals surface area contributed by atoms with Gasteiger partial charge in [-0.15, -0.1) is 0 Å². The fourth-order valence-corrected chi connectivity index (χ4v) is 1.39. The van der Waals surface area contributed by atoms with Crippen molar-refractivity contribution in [3.05, 3.63) is 47.8 Å². The minimum atomic E-state index is 1.05. The number of allylic oxidation sites excluding steroid dienone is 4. The Kier molecular flexibility index (Phi) is 1.78. The third-order valence-corrected chi connectivity index (χ3v) is 2.03. The highest BCUT2D eigenvalue weighted by atomic mass is 14.7. The molecule has 0 radical (unpaired) electrons. The largest absolute Gasteiger partial charge is 0.257 e. The first-order chi connectivity index (χ1) is 5.86. The van der Waals surface area contributed by atoms with Crippen molar-refractivity contribution in [1.82, 2.24) is 4.98 Å². The highest BCUT2D eigenvalue weighted by molar-refractivity contribution is 5.69. The van der Waals surface area contributed by atoms with Crippen LogP contribution in [-0.2, 0) is 0 Å². The van der Waals surface area contributed by atoms with Crippen LogP contribution in [0.2, 0.25) is 0 Å². The van der Waals surface area contributed by atoms with Crippen LogP contribution in [0.3, 0.4) is 0 Å². The van der Waals surface area contributed by atoms with E-state index >= 15 is 0 Å². The zero-order valence-corrected chi connectivity index (χ0v) is 7.12. The van der Waals surface area contributed by atoms with Crippen LogP contribution in [0, 0.1) is 0 Å². The predicted molar refractivity (Wildman–Crippen MR) is 50.6 cm³/mol. The molecule has 1 heteroatoms. The van der Waals surface area contributed by atoms with Crippen LogP contribution in [-0.4, -0.2) is 4.98 Å². The van der Waals surface area contributed by atoms with Crippen molar-refractivity contribution in [2.24, 2.45) is 0 Å². The van der Waals surface area contributed by atoms with Gasteiger partial charge in [-0.3, -0.25) is 4.98 Å². The second-order valence-electron chi connectivity index (χ2n) is 3.10. The molecule has 1 aromatic heterocycles. The summed E-state index contributed by atoms with van der Waals surface area (Å²) >= 11 is 0. The quantitative estimate of drug-likeness (QED) is 0.610. The number of nitrogens with zero attached hydrogens (tertiary/aromatic N) is 1. The van der Waals surface area contributed by atoms with Crippen LogP contribution in [0.1, 0.15) is 19.0 Å². The Balaban J connectivity index is 2.25. The van der Waals surface area contributed by atoms with E-state index in [2.05, 4.69) is 30.1 Å². The van der Waals surface area contributed by atoms with E-state index in [4.69, 9.17) is 0 Å². The van der Waals surface area contributed by atoms with Gasteiger partial charge in [-0.05, 0) is 31.1 Å². The van der Waals surface area contributed by atoms with Gasteiger partial charge in [-0.2, -0.15) is 0 Å². The smallest absolute Gasteiger partial charge is 0.0664 e. The van der Waals surface area contributed by atoms with Gasteiger partial charge >= 0.3 is 0 Å². The zero-order chi connectivity index (χ0) is 8.39. The Morgan fingerprint density at radius 2 is 2.17 bits per heavy atom. The first kappa shape index (κ1) is 7.29. The van der Waals surface area contributed by atoms with Gasteiger partial charge in [0.05, 0.1) is 5.69 Å². The summed E-state index contributed by atoms with van der Waals surface area (Å²) in [5.41, 5.74) is 3.84. The summed E-state index contributed by atoms with van der Waals surface area (Å²) in [5.74, 6) is 0. The van der Waals surface area contributed by atoms with Crippen LogP contribution in [0.25, 0.3) is 5.57 Å². The van der Waals surface area contributed by atoms with E-state index in [-0.39, 0.29) is 0 Å². The Bertz CT molecular complexity index is 333. The molecular weight excluding hydrogens is 146 g/mol. The molecule has 0 unspecified atom stereocenters. The third kappa shape index (κ3) is 1.30. The lowest BCUT2D eigenvalue weighted by Gasteiger charge is -2.00. The van der Waals surface area contributed by atoms with E-state index in [1.165, 1.54) is 11.1 Å². The molecule has 0 amide bonds. The lowest BCUT2D eigenvalue weighted by Crippen LogP contribution is -1.85. The van der Waals surface area contributed by atoms with Crippen molar-refractivity contribution in [3.63, 3.8) is 0 Å². The molecule has 1 nitrogen and oxygen atoms in total. The van der Waals surface area contributed by atoms with Crippen molar-refractivity contribution in [2.75, 3.05) is 0 Å². The summed E-state index contributed by atoms with van der Waals surface area (Å²) < 4.78 is 0. The molecule has 0 N–H and O–H groups in total. The SMILES string of the molecule is CC1=CC=C(c2ccccn2)C1. The van der Waals surface area contributed by atoms with Crippen molar-refractivity contribution in [3.8, 4) is 0 Å². The van der Waals surface area contributed by atoms with E-state index in [0.717, 1.165) is 12.1 Å². The molecule has 0 saturated heterocycles. The summed E-state index contributed by atoms with van der Waals surface area (Å²) in [6.45, 7) is 2.15. The topological polar surface area (TPSA) is 12.9 Å². The molecule has 0 fully saturated rings. The monoisotopic (exact) mass is 157 g/mol. The van der Waals surface area contributed by atoms with Crippen LogP contribution in [0.4, 0.5) is 0 Å². The fourth-order valence-electron chi connectivity index (χ4n) is 1.39. The number of aromatic nitrogens is 1. The van der Waals surface area contributed by atoms with Gasteiger partial charge in [0, 0.05) is 6.20 Å². The van der Waals surface area contributed by atoms with E-state index in [9.17, 15) is 0 Å². The maximum absolute atomic E-state index is 4.29. The highest BCUT2D eigenvalue weighted by Crippen LogP contribution is 2.25. The molecule has 0 bridgehead atoms. The predicted octanol–water partition coefficient (Wildman–Crippen LogP) is 2.82. The molecule has 1 aliphatic carbocycles. The fraction of sp³-hybridized carbons (Fsp3) is 0.182. The minimum absolute atomic E-state index is 1.05. The Morgan fingerprint density at radius 3 is 2.75 bits per heavy atom. The molecule has 0 saturated carbocycles. The summed E-state index contributed by atoms with van der Waals surface area (Å²) in [4.78, 5) is 4.29. The zero-order valence-electron chi connectivity index (χ0n) is 7.12. The van der Waals surface area contributed by atoms with Crippen LogP contribution >= 0.6 is 0 Å². The van der Waals surface area contributed by atoms with Crippen molar-refractivity contribution in [2.45, 2.75) is 13.3 Å². The standard InChI is InChI=1S/C11H11N/c1-9-5-6-10(8-9)11-4-2-3-7-12-11/h2-7H,8H2,1H3. The van der Waals surface area contributed by atoms with Crippen LogP contribution in [0.5, 0.6) is 0 Å². The maximum atomic E-state index is 4.29. The van der Waals surface area contributed by atoms with Crippen molar-refractivity contribution < 1.29 is 0 Å². The molecule has 1 aromatic rings. The van der Waals surface area contributed by atoms with Crippen LogP contribution < -0.4 is 0 Å². The van der Waals surface area contributed by atoms with Gasteiger partial charge in [0.1, 0.15) is 0 Å². The molecule has 12 heavy (non-hydrogen) atoms. The molecule has 0 atom stereocenters. The number of pyridine rings is 1. The minimum Gasteiger partial charge on any atom is -0.257 e. The molecule has 1 aliphatic rings. The molecule has 60 valence electrons. The molecule has 2 rings (SSSR count). The Morgan fingerprint density at radius 1 is 1.25 bits per heavy atom. The molecule has 0 spiro atoms. The van der Waals surface area contributed by atoms with Gasteiger partial charge < -0.3 is 0 Å². The summed E-state index contributed by atoms with van der Waals surface area (Å²) in [6, 6.07) is 6.02. The third-order valence-electron chi connectivity index (χ3n) is 2.03. The van der Waals surface area contributed by atoms with Gasteiger partial charge in [0.25, 0.3) is 0 Å². The lowest BCUT2D eigenvalue weighted by molar-refractivity contribution is 1.20. The first-order valence-electron chi connectivity index (χ1n) is 4.14. The van der Waals surface area contributed by atoms with E-state index in [1.807, 2.05) is 18.3 Å². The Labute approximate surface area is 72.5 Å². The average Bonchev–Trinajstić information content (AvgIpc) is 2.54. The summed E-state index contributed by atoms with van der Waals surface area (Å²) in [5, 5.41) is 0. The van der Waals surface area contributed by atoms with Gasteiger partial charge in [0.2, 0.25) is 0 Å². The molecular formula is C11H11N. The Hall–Kier alpha value is -1.37. The normalized spacial score (nSPS) is 15.8.